The van der Waals surface area contributed by atoms with Gasteiger partial charge in [-0.05, 0) is 43.7 Å². The van der Waals surface area contributed by atoms with Crippen LogP contribution in [0.15, 0.2) is 24.4 Å². The van der Waals surface area contributed by atoms with Crippen molar-refractivity contribution in [3.05, 3.63) is 40.1 Å². The van der Waals surface area contributed by atoms with Gasteiger partial charge in [0.15, 0.2) is 0 Å². The molecular weight excluding hydrogens is 357 g/mol. The predicted octanol–water partition coefficient (Wildman–Crippen LogP) is 4.46. The van der Waals surface area contributed by atoms with Gasteiger partial charge in [0.2, 0.25) is 0 Å². The molecule has 0 radical (unpaired) electrons. The smallest absolute Gasteiger partial charge is 0.0895 e. The highest BCUT2D eigenvalue weighted by atomic mass is 35.5. The first kappa shape index (κ1) is 16.1. The molecule has 3 fully saturated rings. The van der Waals surface area contributed by atoms with E-state index in [1.165, 1.54) is 19.3 Å². The van der Waals surface area contributed by atoms with Crippen molar-refractivity contribution in [3.8, 4) is 11.1 Å². The fourth-order valence-corrected chi connectivity index (χ4v) is 4.91. The van der Waals surface area contributed by atoms with Crippen LogP contribution in [0.3, 0.4) is 0 Å². The second-order valence-corrected chi connectivity index (χ2v) is 8.28. The van der Waals surface area contributed by atoms with Crippen LogP contribution in [0.1, 0.15) is 37.4 Å². The average molecular weight is 378 g/mol. The van der Waals surface area contributed by atoms with Crippen molar-refractivity contribution >= 4 is 23.2 Å². The molecule has 0 spiro atoms. The van der Waals surface area contributed by atoms with E-state index in [1.807, 2.05) is 24.4 Å². The molecule has 0 amide bonds. The van der Waals surface area contributed by atoms with E-state index in [-0.39, 0.29) is 0 Å². The Morgan fingerprint density at radius 3 is 2.64 bits per heavy atom. The van der Waals surface area contributed by atoms with Crippen molar-refractivity contribution < 1.29 is 4.74 Å². The van der Waals surface area contributed by atoms with Gasteiger partial charge in [0.05, 0.1) is 40.7 Å². The molecule has 3 aliphatic rings. The van der Waals surface area contributed by atoms with Crippen molar-refractivity contribution in [2.75, 3.05) is 6.54 Å². The Morgan fingerprint density at radius 2 is 2.00 bits per heavy atom. The number of fused-ring (bicyclic) bond motifs is 2. The molecule has 132 valence electrons. The van der Waals surface area contributed by atoms with E-state index in [9.17, 15) is 0 Å². The summed E-state index contributed by atoms with van der Waals surface area (Å²) in [4.78, 5) is 0. The third-order valence-electron chi connectivity index (χ3n) is 5.76. The van der Waals surface area contributed by atoms with E-state index in [2.05, 4.69) is 15.1 Å². The Kier molecular flexibility index (Phi) is 4.05. The van der Waals surface area contributed by atoms with E-state index in [1.54, 1.807) is 0 Å². The zero-order valence-electron chi connectivity index (χ0n) is 13.9. The molecule has 1 N–H and O–H groups in total. The van der Waals surface area contributed by atoms with Crippen LogP contribution in [0.25, 0.3) is 11.1 Å². The van der Waals surface area contributed by atoms with Crippen molar-refractivity contribution in [2.24, 2.45) is 5.92 Å². The molecule has 4 nitrogen and oxygen atoms in total. The molecule has 2 aliphatic carbocycles. The van der Waals surface area contributed by atoms with Crippen LogP contribution in [0.2, 0.25) is 10.0 Å². The molecule has 5 rings (SSSR count). The third kappa shape index (κ3) is 2.89. The third-order valence-corrected chi connectivity index (χ3v) is 6.39. The molecule has 3 atom stereocenters. The summed E-state index contributed by atoms with van der Waals surface area (Å²) in [6, 6.07) is 6.77. The highest BCUT2D eigenvalue weighted by Gasteiger charge is 2.40. The Hall–Kier alpha value is -1.07. The fraction of sp³-hybridized carbons (Fsp3) is 0.526. The summed E-state index contributed by atoms with van der Waals surface area (Å²) < 4.78 is 8.48. The molecule has 1 aromatic carbocycles. The fourth-order valence-electron chi connectivity index (χ4n) is 4.31. The van der Waals surface area contributed by atoms with Crippen LogP contribution in [0.5, 0.6) is 0 Å². The van der Waals surface area contributed by atoms with Crippen LogP contribution in [0.4, 0.5) is 0 Å². The molecule has 25 heavy (non-hydrogen) atoms. The van der Waals surface area contributed by atoms with E-state index in [0.717, 1.165) is 29.8 Å². The minimum atomic E-state index is 0.350. The monoisotopic (exact) mass is 377 g/mol. The number of hydrogen-bond donors (Lipinski definition) is 1. The van der Waals surface area contributed by atoms with Gasteiger partial charge in [0.25, 0.3) is 0 Å². The molecule has 1 aromatic heterocycles. The first-order chi connectivity index (χ1) is 12.2. The lowest BCUT2D eigenvalue weighted by atomic mass is 10.1. The maximum atomic E-state index is 6.45. The maximum Gasteiger partial charge on any atom is 0.0895 e. The summed E-state index contributed by atoms with van der Waals surface area (Å²) >= 11 is 12.9. The molecule has 3 unspecified atom stereocenters. The Morgan fingerprint density at radius 1 is 1.20 bits per heavy atom. The van der Waals surface area contributed by atoms with Crippen LogP contribution in [0, 0.1) is 5.92 Å². The minimum Gasteiger partial charge on any atom is -0.372 e. The normalized spacial score (nSPS) is 28.0. The zero-order chi connectivity index (χ0) is 17.0. The molecule has 2 aromatic rings. The van der Waals surface area contributed by atoms with Gasteiger partial charge >= 0.3 is 0 Å². The van der Waals surface area contributed by atoms with Crippen molar-refractivity contribution in [1.29, 1.82) is 0 Å². The number of benzene rings is 1. The lowest BCUT2D eigenvalue weighted by Gasteiger charge is -2.23. The van der Waals surface area contributed by atoms with Gasteiger partial charge in [-0.2, -0.15) is 5.10 Å². The van der Waals surface area contributed by atoms with Crippen molar-refractivity contribution in [3.63, 3.8) is 0 Å². The first-order valence-corrected chi connectivity index (χ1v) is 9.82. The topological polar surface area (TPSA) is 39.1 Å². The number of ether oxygens (including phenoxy) is 1. The highest BCUT2D eigenvalue weighted by molar-refractivity contribution is 6.39. The first-order valence-electron chi connectivity index (χ1n) is 9.06. The van der Waals surface area contributed by atoms with Crippen LogP contribution >= 0.6 is 23.2 Å². The number of halogens is 2. The summed E-state index contributed by atoms with van der Waals surface area (Å²) in [5.74, 6) is 0.648. The lowest BCUT2D eigenvalue weighted by molar-refractivity contribution is 0.00653. The number of rotatable bonds is 5. The maximum absolute atomic E-state index is 6.45. The van der Waals surface area contributed by atoms with Crippen molar-refractivity contribution in [1.82, 2.24) is 15.1 Å². The summed E-state index contributed by atoms with van der Waals surface area (Å²) in [6.45, 7) is 1.65. The van der Waals surface area contributed by atoms with Crippen LogP contribution in [-0.2, 0) is 11.3 Å². The SMILES string of the molecule is Clc1cccc(Cl)c1-c1cnn(C2CC2)c1COC1CC2CC1CN2. The summed E-state index contributed by atoms with van der Waals surface area (Å²) in [5, 5.41) is 9.50. The molecular formula is C19H21Cl2N3O. The molecule has 2 heterocycles. The second kappa shape index (κ2) is 6.27. The quantitative estimate of drug-likeness (QED) is 0.835. The van der Waals surface area contributed by atoms with Gasteiger partial charge in [0.1, 0.15) is 0 Å². The number of nitrogens with zero attached hydrogens (tertiary/aromatic N) is 2. The zero-order valence-corrected chi connectivity index (χ0v) is 15.4. The minimum absolute atomic E-state index is 0.350. The second-order valence-electron chi connectivity index (χ2n) is 7.46. The van der Waals surface area contributed by atoms with E-state index in [4.69, 9.17) is 27.9 Å². The van der Waals surface area contributed by atoms with Gasteiger partial charge in [-0.15, -0.1) is 0 Å². The number of piperidine rings is 1. The van der Waals surface area contributed by atoms with Gasteiger partial charge in [-0.25, -0.2) is 0 Å². The molecule has 2 bridgehead atoms. The van der Waals surface area contributed by atoms with Gasteiger partial charge < -0.3 is 10.1 Å². The molecule has 2 saturated carbocycles. The van der Waals surface area contributed by atoms with E-state index < -0.39 is 0 Å². The van der Waals surface area contributed by atoms with E-state index >= 15 is 0 Å². The predicted molar refractivity (Wildman–Crippen MR) is 99.0 cm³/mol. The average Bonchev–Trinajstić information content (AvgIpc) is 3.03. The van der Waals surface area contributed by atoms with Gasteiger partial charge in [-0.3, -0.25) is 4.68 Å². The van der Waals surface area contributed by atoms with Gasteiger partial charge in [-0.1, -0.05) is 29.3 Å². The largest absolute Gasteiger partial charge is 0.372 e. The number of hydrogen-bond acceptors (Lipinski definition) is 3. The number of aromatic nitrogens is 2. The summed E-state index contributed by atoms with van der Waals surface area (Å²) in [5.41, 5.74) is 2.97. The number of nitrogens with one attached hydrogen (secondary N) is 1. The van der Waals surface area contributed by atoms with E-state index in [0.29, 0.717) is 40.8 Å². The van der Waals surface area contributed by atoms with Crippen LogP contribution < -0.4 is 5.32 Å². The molecule has 6 heteroatoms. The van der Waals surface area contributed by atoms with Gasteiger partial charge in [0, 0.05) is 23.7 Å². The highest BCUT2D eigenvalue weighted by Crippen LogP contribution is 2.42. The standard InChI is InChI=1S/C19H21Cl2N3O/c20-15-2-1-3-16(21)19(15)14-9-23-24(13-4-5-13)17(14)10-25-18-7-12-6-11(18)8-22-12/h1-3,9,11-13,18,22H,4-8,10H2. The van der Waals surface area contributed by atoms with Crippen molar-refractivity contribution in [2.45, 2.75) is 50.5 Å². The lowest BCUT2D eigenvalue weighted by Crippen LogP contribution is -2.34. The Balaban J connectivity index is 1.46. The summed E-state index contributed by atoms with van der Waals surface area (Å²) in [6.07, 6.45) is 6.97. The van der Waals surface area contributed by atoms with Crippen LogP contribution in [-0.4, -0.2) is 28.5 Å². The summed E-state index contributed by atoms with van der Waals surface area (Å²) in [7, 11) is 0. The molecule has 1 aliphatic heterocycles. The Labute approximate surface area is 157 Å². The molecule has 1 saturated heterocycles. The Bertz CT molecular complexity index is 782.